The Hall–Kier alpha value is 1.02. The molecule has 1 aliphatic carbocycles. The summed E-state index contributed by atoms with van der Waals surface area (Å²) in [7, 11) is 1.71. The molecule has 3 atom stereocenters. The van der Waals surface area contributed by atoms with Gasteiger partial charge in [-0.15, -0.1) is 0 Å². The maximum atomic E-state index is 9.64. The third-order valence-corrected chi connectivity index (χ3v) is 3.32. The van der Waals surface area contributed by atoms with Crippen molar-refractivity contribution >= 4 is 0 Å². The van der Waals surface area contributed by atoms with Gasteiger partial charge in [0.25, 0.3) is 0 Å². The van der Waals surface area contributed by atoms with Crippen molar-refractivity contribution in [2.24, 2.45) is 11.8 Å². The zero-order valence-electron chi connectivity index (χ0n) is 10.3. The van der Waals surface area contributed by atoms with Crippen molar-refractivity contribution in [1.29, 1.82) is 0 Å². The van der Waals surface area contributed by atoms with Crippen molar-refractivity contribution in [3.05, 3.63) is 0 Å². The maximum Gasteiger partial charge on any atom is 0.0832 e. The molecule has 0 aromatic carbocycles. The molecule has 0 saturated heterocycles. The molecule has 0 spiro atoms. The van der Waals surface area contributed by atoms with Gasteiger partial charge in [0.1, 0.15) is 0 Å². The van der Waals surface area contributed by atoms with E-state index in [0.717, 1.165) is 24.7 Å². The summed E-state index contributed by atoms with van der Waals surface area (Å²) in [5.74, 6) is 1.56. The maximum absolute atomic E-state index is 9.64. The Morgan fingerprint density at radius 3 is 2.53 bits per heavy atom. The predicted octanol–water partition coefficient (Wildman–Crippen LogP) is 2.60. The summed E-state index contributed by atoms with van der Waals surface area (Å²) in [5.41, 5.74) is 0. The molecule has 0 amide bonds. The molecule has 1 radical (unpaired) electrons. The Labute approximate surface area is 119 Å². The number of methoxy groups -OCH3 is 1. The summed E-state index contributed by atoms with van der Waals surface area (Å²) in [6.45, 7) is 4.54. The van der Waals surface area contributed by atoms with Crippen LogP contribution in [0.4, 0.5) is 0 Å². The molecule has 1 saturated carbocycles. The SMILES string of the molecule is COC1CC(CCC(C)C)CCC1O.[Y]. The van der Waals surface area contributed by atoms with E-state index in [2.05, 4.69) is 13.8 Å². The summed E-state index contributed by atoms with van der Waals surface area (Å²) in [6.07, 6.45) is 5.59. The Morgan fingerprint density at radius 1 is 1.33 bits per heavy atom. The molecule has 1 aliphatic rings. The molecule has 0 aromatic rings. The molecule has 1 N–H and O–H groups in total. The zero-order chi connectivity index (χ0) is 10.6. The number of aliphatic hydroxyl groups excluding tert-OH is 1. The quantitative estimate of drug-likeness (QED) is 0.862. The Bertz CT molecular complexity index is 162. The fourth-order valence-corrected chi connectivity index (χ4v) is 2.28. The smallest absolute Gasteiger partial charge is 0.0832 e. The van der Waals surface area contributed by atoms with Crippen LogP contribution in [0.2, 0.25) is 0 Å². The van der Waals surface area contributed by atoms with Gasteiger partial charge >= 0.3 is 0 Å². The number of aliphatic hydroxyl groups is 1. The second-order valence-electron chi connectivity index (χ2n) is 4.99. The van der Waals surface area contributed by atoms with E-state index in [1.165, 1.54) is 19.3 Å². The molecule has 2 nitrogen and oxygen atoms in total. The fraction of sp³-hybridized carbons (Fsp3) is 1.00. The van der Waals surface area contributed by atoms with E-state index in [9.17, 15) is 5.11 Å². The van der Waals surface area contributed by atoms with Crippen LogP contribution in [0.25, 0.3) is 0 Å². The summed E-state index contributed by atoms with van der Waals surface area (Å²) >= 11 is 0. The van der Waals surface area contributed by atoms with Gasteiger partial charge in [0.15, 0.2) is 0 Å². The summed E-state index contributed by atoms with van der Waals surface area (Å²) < 4.78 is 5.29. The van der Waals surface area contributed by atoms with Gasteiger partial charge in [0.2, 0.25) is 0 Å². The van der Waals surface area contributed by atoms with Crippen molar-refractivity contribution in [2.75, 3.05) is 7.11 Å². The Balaban J connectivity index is 0.00000196. The summed E-state index contributed by atoms with van der Waals surface area (Å²) in [4.78, 5) is 0. The number of hydrogen-bond donors (Lipinski definition) is 1. The standard InChI is InChI=1S/C12H24O2.Y/c1-9(2)4-5-10-6-7-11(13)12(8-10)14-3;/h9-13H,4-8H2,1-3H3;. The molecule has 87 valence electrons. The van der Waals surface area contributed by atoms with Crippen LogP contribution in [-0.4, -0.2) is 24.4 Å². The molecular weight excluding hydrogens is 265 g/mol. The second kappa shape index (κ2) is 8.16. The van der Waals surface area contributed by atoms with Crippen molar-refractivity contribution in [3.63, 3.8) is 0 Å². The van der Waals surface area contributed by atoms with Crippen molar-refractivity contribution < 1.29 is 42.6 Å². The van der Waals surface area contributed by atoms with Crippen LogP contribution in [0, 0.1) is 11.8 Å². The molecule has 0 heterocycles. The van der Waals surface area contributed by atoms with Gasteiger partial charge in [-0.25, -0.2) is 0 Å². The second-order valence-corrected chi connectivity index (χ2v) is 4.99. The monoisotopic (exact) mass is 289 g/mol. The van der Waals surface area contributed by atoms with E-state index in [4.69, 9.17) is 4.74 Å². The van der Waals surface area contributed by atoms with E-state index >= 15 is 0 Å². The minimum atomic E-state index is -0.227. The number of ether oxygens (including phenoxy) is 1. The molecule has 0 bridgehead atoms. The van der Waals surface area contributed by atoms with Gasteiger partial charge in [-0.1, -0.05) is 26.7 Å². The Kier molecular flexibility index (Phi) is 8.72. The number of hydrogen-bond acceptors (Lipinski definition) is 2. The van der Waals surface area contributed by atoms with Crippen LogP contribution in [0.3, 0.4) is 0 Å². The van der Waals surface area contributed by atoms with E-state index in [0.29, 0.717) is 0 Å². The minimum Gasteiger partial charge on any atom is -0.390 e. The van der Waals surface area contributed by atoms with Gasteiger partial charge in [-0.05, 0) is 31.1 Å². The summed E-state index contributed by atoms with van der Waals surface area (Å²) in [5, 5.41) is 9.64. The van der Waals surface area contributed by atoms with Crippen molar-refractivity contribution in [1.82, 2.24) is 0 Å². The minimum absolute atomic E-state index is 0. The summed E-state index contributed by atoms with van der Waals surface area (Å²) in [6, 6.07) is 0. The Morgan fingerprint density at radius 2 is 2.00 bits per heavy atom. The molecule has 15 heavy (non-hydrogen) atoms. The molecule has 1 rings (SSSR count). The fourth-order valence-electron chi connectivity index (χ4n) is 2.28. The largest absolute Gasteiger partial charge is 0.390 e. The average molecular weight is 289 g/mol. The molecule has 1 fully saturated rings. The zero-order valence-corrected chi connectivity index (χ0v) is 13.1. The van der Waals surface area contributed by atoms with Crippen LogP contribution in [0.5, 0.6) is 0 Å². The van der Waals surface area contributed by atoms with Gasteiger partial charge in [0.05, 0.1) is 12.2 Å². The van der Waals surface area contributed by atoms with Gasteiger partial charge in [-0.3, -0.25) is 0 Å². The first-order chi connectivity index (χ1) is 6.63. The van der Waals surface area contributed by atoms with Gasteiger partial charge in [-0.2, -0.15) is 0 Å². The van der Waals surface area contributed by atoms with Crippen LogP contribution >= 0.6 is 0 Å². The van der Waals surface area contributed by atoms with E-state index < -0.39 is 0 Å². The van der Waals surface area contributed by atoms with Crippen LogP contribution in [0.15, 0.2) is 0 Å². The van der Waals surface area contributed by atoms with Crippen molar-refractivity contribution in [3.8, 4) is 0 Å². The third kappa shape index (κ3) is 5.77. The van der Waals surface area contributed by atoms with E-state index in [1.807, 2.05) is 0 Å². The number of rotatable bonds is 4. The van der Waals surface area contributed by atoms with Gasteiger partial charge in [0, 0.05) is 39.8 Å². The van der Waals surface area contributed by atoms with Crippen LogP contribution < -0.4 is 0 Å². The molecular formula is C12H24O2Y. The van der Waals surface area contributed by atoms with E-state index in [1.54, 1.807) is 7.11 Å². The topological polar surface area (TPSA) is 29.5 Å². The molecule has 3 heteroatoms. The normalized spacial score (nSPS) is 31.4. The van der Waals surface area contributed by atoms with Gasteiger partial charge < -0.3 is 9.84 Å². The molecule has 0 aromatic heterocycles. The first-order valence-electron chi connectivity index (χ1n) is 5.84. The molecule has 0 aliphatic heterocycles. The van der Waals surface area contributed by atoms with E-state index in [-0.39, 0.29) is 44.9 Å². The van der Waals surface area contributed by atoms with Crippen LogP contribution in [0.1, 0.15) is 46.0 Å². The molecule has 3 unspecified atom stereocenters. The van der Waals surface area contributed by atoms with Crippen molar-refractivity contribution in [2.45, 2.75) is 58.2 Å². The van der Waals surface area contributed by atoms with Crippen LogP contribution in [-0.2, 0) is 37.4 Å². The average Bonchev–Trinajstić information content (AvgIpc) is 2.16. The third-order valence-electron chi connectivity index (χ3n) is 3.32. The predicted molar refractivity (Wildman–Crippen MR) is 58.2 cm³/mol. The first kappa shape index (κ1) is 16.0. The first-order valence-corrected chi connectivity index (χ1v) is 5.84.